The molecule has 7 nitrogen and oxygen atoms in total. The number of carbonyl (C=O) groups is 1. The Balaban J connectivity index is 2.24. The summed E-state index contributed by atoms with van der Waals surface area (Å²) in [6.45, 7) is 1.60. The van der Waals surface area contributed by atoms with Crippen molar-refractivity contribution in [2.24, 2.45) is 5.14 Å². The van der Waals surface area contributed by atoms with Crippen LogP contribution in [0.15, 0.2) is 28.5 Å². The number of amides is 1. The first kappa shape index (κ1) is 13.6. The number of hydrogen-bond donors (Lipinski definition) is 2. The van der Waals surface area contributed by atoms with Crippen molar-refractivity contribution in [3.63, 3.8) is 0 Å². The largest absolute Gasteiger partial charge is 0.321 e. The second kappa shape index (κ2) is 5.03. The number of rotatable bonds is 3. The number of primary sulfonamides is 1. The highest BCUT2D eigenvalue weighted by Gasteiger charge is 2.13. The first-order valence-electron chi connectivity index (χ1n) is 5.10. The average Bonchev–Trinajstić information content (AvgIpc) is 2.80. The Morgan fingerprint density at radius 1 is 1.42 bits per heavy atom. The van der Waals surface area contributed by atoms with Gasteiger partial charge in [0.15, 0.2) is 5.69 Å². The van der Waals surface area contributed by atoms with Crippen LogP contribution in [-0.2, 0) is 10.0 Å². The third-order valence-electron chi connectivity index (χ3n) is 2.33. The Hall–Kier alpha value is -1.84. The second-order valence-corrected chi connectivity index (χ2v) is 5.91. The molecule has 0 bridgehead atoms. The van der Waals surface area contributed by atoms with Gasteiger partial charge in [-0.2, -0.15) is 0 Å². The van der Waals surface area contributed by atoms with Crippen molar-refractivity contribution in [2.45, 2.75) is 11.8 Å². The minimum absolute atomic E-state index is 0.0285. The van der Waals surface area contributed by atoms with Gasteiger partial charge in [-0.25, -0.2) is 13.6 Å². The summed E-state index contributed by atoms with van der Waals surface area (Å²) in [5.74, 6) is -0.406. The number of anilines is 1. The summed E-state index contributed by atoms with van der Waals surface area (Å²) in [4.78, 5) is 11.7. The van der Waals surface area contributed by atoms with Crippen LogP contribution >= 0.6 is 11.5 Å². The van der Waals surface area contributed by atoms with Gasteiger partial charge in [0, 0.05) is 11.1 Å². The molecule has 0 aliphatic rings. The van der Waals surface area contributed by atoms with Crippen LogP contribution in [0.5, 0.6) is 0 Å². The van der Waals surface area contributed by atoms with Crippen LogP contribution in [0.3, 0.4) is 0 Å². The molecule has 3 N–H and O–H groups in total. The lowest BCUT2D eigenvalue weighted by atomic mass is 10.2. The standard InChI is InChI=1S/C10H10N4O3S2/c1-6-4-7(2-3-9(6)19(11,16)17)12-10(15)8-5-18-14-13-8/h2-5H,1H3,(H,12,15)(H2,11,16,17). The number of carbonyl (C=O) groups excluding carboxylic acids is 1. The quantitative estimate of drug-likeness (QED) is 0.867. The Labute approximate surface area is 113 Å². The van der Waals surface area contributed by atoms with Crippen LogP contribution in [0.25, 0.3) is 0 Å². The number of nitrogens with zero attached hydrogens (tertiary/aromatic N) is 2. The van der Waals surface area contributed by atoms with Crippen LogP contribution in [0, 0.1) is 6.92 Å². The molecule has 2 aromatic rings. The van der Waals surface area contributed by atoms with Crippen molar-refractivity contribution in [3.05, 3.63) is 34.8 Å². The van der Waals surface area contributed by atoms with Crippen molar-refractivity contribution >= 4 is 33.2 Å². The third-order valence-corrected chi connectivity index (χ3v) is 3.91. The first-order valence-corrected chi connectivity index (χ1v) is 7.48. The molecule has 0 saturated heterocycles. The van der Waals surface area contributed by atoms with Crippen molar-refractivity contribution in [2.75, 3.05) is 5.32 Å². The molecule has 1 aromatic heterocycles. The maximum atomic E-state index is 11.7. The summed E-state index contributed by atoms with van der Waals surface area (Å²) >= 11 is 1.07. The molecule has 0 fully saturated rings. The zero-order valence-corrected chi connectivity index (χ0v) is 11.5. The van der Waals surface area contributed by atoms with Crippen LogP contribution < -0.4 is 10.5 Å². The molecule has 100 valence electrons. The molecule has 9 heteroatoms. The summed E-state index contributed by atoms with van der Waals surface area (Å²) in [5, 5.41) is 12.8. The van der Waals surface area contributed by atoms with E-state index in [0.29, 0.717) is 11.3 Å². The molecule has 0 aliphatic heterocycles. The van der Waals surface area contributed by atoms with Gasteiger partial charge in [-0.05, 0) is 42.2 Å². The lowest BCUT2D eigenvalue weighted by Crippen LogP contribution is -2.15. The molecule has 0 saturated carbocycles. The zero-order valence-electron chi connectivity index (χ0n) is 9.82. The third kappa shape index (κ3) is 3.13. The number of sulfonamides is 1. The molecule has 1 heterocycles. The molecule has 0 unspecified atom stereocenters. The number of nitrogens with two attached hydrogens (primary N) is 1. The fourth-order valence-corrected chi connectivity index (χ4v) is 2.71. The molecule has 0 aliphatic carbocycles. The first-order chi connectivity index (χ1) is 8.88. The zero-order chi connectivity index (χ0) is 14.0. The maximum Gasteiger partial charge on any atom is 0.277 e. The van der Waals surface area contributed by atoms with Crippen molar-refractivity contribution < 1.29 is 13.2 Å². The average molecular weight is 298 g/mol. The molecule has 2 rings (SSSR count). The van der Waals surface area contributed by atoms with Crippen LogP contribution in [0.4, 0.5) is 5.69 Å². The van der Waals surface area contributed by atoms with Gasteiger partial charge in [0.2, 0.25) is 10.0 Å². The van der Waals surface area contributed by atoms with Crippen molar-refractivity contribution in [1.82, 2.24) is 9.59 Å². The maximum absolute atomic E-state index is 11.7. The second-order valence-electron chi connectivity index (χ2n) is 3.77. The van der Waals surface area contributed by atoms with E-state index in [4.69, 9.17) is 5.14 Å². The van der Waals surface area contributed by atoms with Gasteiger partial charge in [-0.15, -0.1) is 5.10 Å². The number of aryl methyl sites for hydroxylation is 1. The molecule has 19 heavy (non-hydrogen) atoms. The SMILES string of the molecule is Cc1cc(NC(=O)c2csnn2)ccc1S(N)(=O)=O. The number of aromatic nitrogens is 2. The molecule has 1 aromatic carbocycles. The Morgan fingerprint density at radius 3 is 2.68 bits per heavy atom. The minimum atomic E-state index is -3.76. The topological polar surface area (TPSA) is 115 Å². The number of nitrogens with one attached hydrogen (secondary N) is 1. The summed E-state index contributed by atoms with van der Waals surface area (Å²) in [7, 11) is -3.76. The predicted octanol–water partition coefficient (Wildman–Crippen LogP) is 0.746. The van der Waals surface area contributed by atoms with E-state index in [1.807, 2.05) is 0 Å². The molecule has 0 spiro atoms. The summed E-state index contributed by atoms with van der Waals surface area (Å²) in [5.41, 5.74) is 1.12. The van der Waals surface area contributed by atoms with Crippen LogP contribution in [-0.4, -0.2) is 23.9 Å². The van der Waals surface area contributed by atoms with E-state index in [0.717, 1.165) is 11.5 Å². The fourth-order valence-electron chi connectivity index (χ4n) is 1.51. The highest BCUT2D eigenvalue weighted by Crippen LogP contribution is 2.19. The van der Waals surface area contributed by atoms with E-state index in [2.05, 4.69) is 14.9 Å². The van der Waals surface area contributed by atoms with E-state index in [9.17, 15) is 13.2 Å². The van der Waals surface area contributed by atoms with Gasteiger partial charge >= 0.3 is 0 Å². The van der Waals surface area contributed by atoms with Gasteiger partial charge in [0.25, 0.3) is 5.91 Å². The van der Waals surface area contributed by atoms with Gasteiger partial charge in [-0.1, -0.05) is 4.49 Å². The summed E-state index contributed by atoms with van der Waals surface area (Å²) in [6, 6.07) is 4.33. The van der Waals surface area contributed by atoms with Gasteiger partial charge in [0.05, 0.1) is 4.90 Å². The van der Waals surface area contributed by atoms with E-state index < -0.39 is 15.9 Å². The van der Waals surface area contributed by atoms with Crippen LogP contribution in [0.1, 0.15) is 16.1 Å². The van der Waals surface area contributed by atoms with E-state index >= 15 is 0 Å². The minimum Gasteiger partial charge on any atom is -0.321 e. The smallest absolute Gasteiger partial charge is 0.277 e. The normalized spacial score (nSPS) is 11.3. The molecule has 1 amide bonds. The molecule has 0 radical (unpaired) electrons. The number of hydrogen-bond acceptors (Lipinski definition) is 6. The van der Waals surface area contributed by atoms with Crippen molar-refractivity contribution in [3.8, 4) is 0 Å². The highest BCUT2D eigenvalue weighted by molar-refractivity contribution is 7.89. The van der Waals surface area contributed by atoms with E-state index in [-0.39, 0.29) is 10.6 Å². The van der Waals surface area contributed by atoms with Gasteiger partial charge in [0.1, 0.15) is 0 Å². The Kier molecular flexibility index (Phi) is 3.60. The fraction of sp³-hybridized carbons (Fsp3) is 0.100. The van der Waals surface area contributed by atoms with E-state index in [1.54, 1.807) is 6.92 Å². The monoisotopic (exact) mass is 298 g/mol. The highest BCUT2D eigenvalue weighted by atomic mass is 32.2. The molecule has 0 atom stereocenters. The predicted molar refractivity (Wildman–Crippen MR) is 70.4 cm³/mol. The van der Waals surface area contributed by atoms with Crippen molar-refractivity contribution in [1.29, 1.82) is 0 Å². The van der Waals surface area contributed by atoms with Gasteiger partial charge in [-0.3, -0.25) is 4.79 Å². The Bertz CT molecular complexity index is 710. The van der Waals surface area contributed by atoms with Crippen LogP contribution in [0.2, 0.25) is 0 Å². The lowest BCUT2D eigenvalue weighted by molar-refractivity contribution is 0.102. The Morgan fingerprint density at radius 2 is 2.16 bits per heavy atom. The number of benzene rings is 1. The lowest BCUT2D eigenvalue weighted by Gasteiger charge is -2.07. The molecular weight excluding hydrogens is 288 g/mol. The summed E-state index contributed by atoms with van der Waals surface area (Å²) < 4.78 is 26.1. The summed E-state index contributed by atoms with van der Waals surface area (Å²) in [6.07, 6.45) is 0. The van der Waals surface area contributed by atoms with Gasteiger partial charge < -0.3 is 5.32 Å². The molecular formula is C10H10N4O3S2. The van der Waals surface area contributed by atoms with E-state index in [1.165, 1.54) is 23.6 Å².